The molecule has 0 radical (unpaired) electrons. The van der Waals surface area contributed by atoms with Crippen LogP contribution >= 0.6 is 11.8 Å². The summed E-state index contributed by atoms with van der Waals surface area (Å²) in [6.45, 7) is 1.57. The van der Waals surface area contributed by atoms with Crippen molar-refractivity contribution in [1.29, 1.82) is 0 Å². The van der Waals surface area contributed by atoms with Crippen LogP contribution in [0, 0.1) is 0 Å². The molecule has 0 bridgehead atoms. The van der Waals surface area contributed by atoms with E-state index in [2.05, 4.69) is 9.97 Å². The fourth-order valence-corrected chi connectivity index (χ4v) is 2.94. The maximum atomic E-state index is 12.7. The van der Waals surface area contributed by atoms with Crippen molar-refractivity contribution in [3.8, 4) is 0 Å². The SMILES string of the molecule is FC(F)(F)c1cn2ccnc(N3CCSCC3)c2n1. The molecule has 4 nitrogen and oxygen atoms in total. The van der Waals surface area contributed by atoms with Gasteiger partial charge in [-0.05, 0) is 0 Å². The van der Waals surface area contributed by atoms with Crippen molar-refractivity contribution in [2.24, 2.45) is 0 Å². The summed E-state index contributed by atoms with van der Waals surface area (Å²) in [5, 5.41) is 0. The highest BCUT2D eigenvalue weighted by Crippen LogP contribution is 2.30. The van der Waals surface area contributed by atoms with Crippen molar-refractivity contribution < 1.29 is 13.2 Å². The molecule has 19 heavy (non-hydrogen) atoms. The molecule has 3 rings (SSSR count). The second kappa shape index (κ2) is 4.59. The average molecular weight is 288 g/mol. The first-order chi connectivity index (χ1) is 9.05. The molecular weight excluding hydrogens is 277 g/mol. The van der Waals surface area contributed by atoms with E-state index in [9.17, 15) is 13.2 Å². The fourth-order valence-electron chi connectivity index (χ4n) is 2.04. The summed E-state index contributed by atoms with van der Waals surface area (Å²) in [6, 6.07) is 0. The number of thioether (sulfide) groups is 1. The zero-order valence-electron chi connectivity index (χ0n) is 9.89. The molecule has 1 aliphatic rings. The Morgan fingerprint density at radius 3 is 2.63 bits per heavy atom. The molecule has 1 aliphatic heterocycles. The first-order valence-corrected chi connectivity index (χ1v) is 6.95. The number of hydrogen-bond acceptors (Lipinski definition) is 4. The number of rotatable bonds is 1. The highest BCUT2D eigenvalue weighted by Gasteiger charge is 2.34. The minimum absolute atomic E-state index is 0.265. The van der Waals surface area contributed by atoms with Gasteiger partial charge in [0.2, 0.25) is 0 Å². The highest BCUT2D eigenvalue weighted by atomic mass is 32.2. The predicted octanol–water partition coefficient (Wildman–Crippen LogP) is 2.30. The molecule has 1 saturated heterocycles. The number of halogens is 3. The zero-order valence-corrected chi connectivity index (χ0v) is 10.7. The normalized spacial score (nSPS) is 17.1. The third kappa shape index (κ3) is 2.36. The van der Waals surface area contributed by atoms with Crippen LogP contribution in [0.3, 0.4) is 0 Å². The van der Waals surface area contributed by atoms with Crippen molar-refractivity contribution in [2.75, 3.05) is 29.5 Å². The first-order valence-electron chi connectivity index (χ1n) is 5.79. The fraction of sp³-hybridized carbons (Fsp3) is 0.455. The standard InChI is InChI=1S/C11H11F3N4S/c12-11(13,14)8-7-18-2-1-15-9(10(18)16-8)17-3-5-19-6-4-17/h1-2,7H,3-6H2. The van der Waals surface area contributed by atoms with E-state index < -0.39 is 11.9 Å². The summed E-state index contributed by atoms with van der Waals surface area (Å²) < 4.78 is 39.4. The Labute approximate surface area is 111 Å². The lowest BCUT2D eigenvalue weighted by atomic mass is 10.4. The van der Waals surface area contributed by atoms with Gasteiger partial charge in [-0.1, -0.05) is 0 Å². The Balaban J connectivity index is 2.07. The maximum Gasteiger partial charge on any atom is 0.434 e. The van der Waals surface area contributed by atoms with Gasteiger partial charge in [0.15, 0.2) is 17.2 Å². The minimum atomic E-state index is -4.43. The van der Waals surface area contributed by atoms with Gasteiger partial charge in [0.1, 0.15) is 0 Å². The summed E-state index contributed by atoms with van der Waals surface area (Å²) in [7, 11) is 0. The van der Waals surface area contributed by atoms with Gasteiger partial charge in [-0.25, -0.2) is 9.97 Å². The number of hydrogen-bond donors (Lipinski definition) is 0. The second-order valence-electron chi connectivity index (χ2n) is 4.21. The van der Waals surface area contributed by atoms with Crippen molar-refractivity contribution in [1.82, 2.24) is 14.4 Å². The third-order valence-corrected chi connectivity index (χ3v) is 3.90. The van der Waals surface area contributed by atoms with Gasteiger partial charge in [-0.2, -0.15) is 24.9 Å². The molecule has 1 fully saturated rings. The number of anilines is 1. The average Bonchev–Trinajstić information content (AvgIpc) is 2.83. The monoisotopic (exact) mass is 288 g/mol. The lowest BCUT2D eigenvalue weighted by Crippen LogP contribution is -2.33. The van der Waals surface area contributed by atoms with E-state index in [1.54, 1.807) is 0 Å². The van der Waals surface area contributed by atoms with Crippen LogP contribution < -0.4 is 4.90 Å². The number of imidazole rings is 1. The lowest BCUT2D eigenvalue weighted by molar-refractivity contribution is -0.140. The van der Waals surface area contributed by atoms with Crippen molar-refractivity contribution in [2.45, 2.75) is 6.18 Å². The third-order valence-electron chi connectivity index (χ3n) is 2.96. The maximum absolute atomic E-state index is 12.7. The molecule has 0 spiro atoms. The van der Waals surface area contributed by atoms with E-state index in [4.69, 9.17) is 0 Å². The van der Waals surface area contributed by atoms with E-state index in [1.807, 2.05) is 16.7 Å². The van der Waals surface area contributed by atoms with Gasteiger partial charge in [-0.3, -0.25) is 0 Å². The molecule has 102 valence electrons. The van der Waals surface area contributed by atoms with Crippen LogP contribution in [0.1, 0.15) is 5.69 Å². The zero-order chi connectivity index (χ0) is 13.5. The van der Waals surface area contributed by atoms with Crippen LogP contribution in [0.15, 0.2) is 18.6 Å². The van der Waals surface area contributed by atoms with Gasteiger partial charge in [0.25, 0.3) is 0 Å². The number of alkyl halides is 3. The Kier molecular flexibility index (Phi) is 3.04. The summed E-state index contributed by atoms with van der Waals surface area (Å²) in [5.41, 5.74) is -0.616. The minimum Gasteiger partial charge on any atom is -0.352 e. The lowest BCUT2D eigenvalue weighted by Gasteiger charge is -2.27. The van der Waals surface area contributed by atoms with Crippen LogP contribution in [-0.2, 0) is 6.18 Å². The number of fused-ring (bicyclic) bond motifs is 1. The molecule has 3 heterocycles. The topological polar surface area (TPSA) is 33.4 Å². The second-order valence-corrected chi connectivity index (χ2v) is 5.43. The summed E-state index contributed by atoms with van der Waals surface area (Å²) in [5.74, 6) is 2.43. The molecule has 0 N–H and O–H groups in total. The quantitative estimate of drug-likeness (QED) is 0.806. The van der Waals surface area contributed by atoms with E-state index in [1.165, 1.54) is 16.8 Å². The van der Waals surface area contributed by atoms with E-state index in [0.29, 0.717) is 5.82 Å². The predicted molar refractivity (Wildman–Crippen MR) is 67.5 cm³/mol. The van der Waals surface area contributed by atoms with Gasteiger partial charge < -0.3 is 9.30 Å². The van der Waals surface area contributed by atoms with Crippen LogP contribution in [-0.4, -0.2) is 39.0 Å². The van der Waals surface area contributed by atoms with Crippen LogP contribution in [0.25, 0.3) is 5.65 Å². The molecule has 0 saturated carbocycles. The van der Waals surface area contributed by atoms with Gasteiger partial charge in [0.05, 0.1) is 0 Å². The van der Waals surface area contributed by atoms with Gasteiger partial charge >= 0.3 is 6.18 Å². The molecule has 0 aromatic carbocycles. The first kappa shape index (κ1) is 12.6. The van der Waals surface area contributed by atoms with Crippen LogP contribution in [0.4, 0.5) is 19.0 Å². The molecule has 2 aromatic rings. The largest absolute Gasteiger partial charge is 0.434 e. The van der Waals surface area contributed by atoms with Gasteiger partial charge in [0, 0.05) is 43.2 Å². The number of nitrogens with zero attached hydrogens (tertiary/aromatic N) is 4. The molecule has 0 amide bonds. The Morgan fingerprint density at radius 1 is 1.21 bits per heavy atom. The number of aromatic nitrogens is 3. The summed E-state index contributed by atoms with van der Waals surface area (Å²) >= 11 is 1.83. The summed E-state index contributed by atoms with van der Waals surface area (Å²) in [4.78, 5) is 9.86. The highest BCUT2D eigenvalue weighted by molar-refractivity contribution is 7.99. The van der Waals surface area contributed by atoms with Crippen molar-refractivity contribution in [3.05, 3.63) is 24.3 Å². The molecule has 0 unspecified atom stereocenters. The Morgan fingerprint density at radius 2 is 1.95 bits per heavy atom. The van der Waals surface area contributed by atoms with E-state index >= 15 is 0 Å². The summed E-state index contributed by atoms with van der Waals surface area (Å²) in [6.07, 6.45) is -0.439. The van der Waals surface area contributed by atoms with Crippen LogP contribution in [0.2, 0.25) is 0 Å². The molecule has 2 aromatic heterocycles. The van der Waals surface area contributed by atoms with Crippen molar-refractivity contribution in [3.63, 3.8) is 0 Å². The van der Waals surface area contributed by atoms with E-state index in [-0.39, 0.29) is 5.65 Å². The molecule has 0 atom stereocenters. The Bertz CT molecular complexity index is 589. The van der Waals surface area contributed by atoms with Crippen LogP contribution in [0.5, 0.6) is 0 Å². The Hall–Kier alpha value is -1.44. The van der Waals surface area contributed by atoms with Crippen molar-refractivity contribution >= 4 is 23.2 Å². The smallest absolute Gasteiger partial charge is 0.352 e. The molecule has 8 heteroatoms. The molecule has 0 aliphatic carbocycles. The van der Waals surface area contributed by atoms with E-state index in [0.717, 1.165) is 30.8 Å². The van der Waals surface area contributed by atoms with Gasteiger partial charge in [-0.15, -0.1) is 0 Å². The molecular formula is C11H11F3N4S.